The van der Waals surface area contributed by atoms with Crippen LogP contribution in [0, 0.1) is 0 Å². The Hall–Kier alpha value is -1.28. The summed E-state index contributed by atoms with van der Waals surface area (Å²) in [6, 6.07) is 8.47. The third-order valence-corrected chi connectivity index (χ3v) is 3.96. The van der Waals surface area contributed by atoms with Crippen molar-refractivity contribution in [3.05, 3.63) is 42.0 Å². The fourth-order valence-electron chi connectivity index (χ4n) is 2.49. The minimum atomic E-state index is 0.325. The lowest BCUT2D eigenvalue weighted by atomic mass is 10.1. The Kier molecular flexibility index (Phi) is 8.11. The van der Waals surface area contributed by atoms with E-state index in [4.69, 9.17) is 9.47 Å². The Morgan fingerprint density at radius 2 is 1.95 bits per heavy atom. The van der Waals surface area contributed by atoms with Crippen molar-refractivity contribution in [2.24, 2.45) is 0 Å². The molecule has 1 fully saturated rings. The van der Waals surface area contributed by atoms with Crippen molar-refractivity contribution in [1.29, 1.82) is 0 Å². The number of hydrogen-bond donors (Lipinski definition) is 0. The smallest absolute Gasteiger partial charge is 0.119 e. The number of hydrogen-bond acceptors (Lipinski definition) is 2. The van der Waals surface area contributed by atoms with Gasteiger partial charge in [-0.3, -0.25) is 0 Å². The summed E-state index contributed by atoms with van der Waals surface area (Å²) in [5.41, 5.74) is 1.37. The van der Waals surface area contributed by atoms with Gasteiger partial charge in [0.2, 0.25) is 0 Å². The number of allylic oxidation sites excluding steroid dienone is 2. The summed E-state index contributed by atoms with van der Waals surface area (Å²) in [6.07, 6.45) is 15.2. The SMILES string of the molecule is CCCCCC/C=C/CCCc1cccc(OCC2CO2)c1. The molecule has 0 bridgehead atoms. The quantitative estimate of drug-likeness (QED) is 0.296. The average molecular weight is 302 g/mol. The van der Waals surface area contributed by atoms with E-state index in [2.05, 4.69) is 37.3 Å². The zero-order valence-electron chi connectivity index (χ0n) is 13.9. The van der Waals surface area contributed by atoms with Crippen LogP contribution < -0.4 is 4.74 Å². The number of ether oxygens (including phenoxy) is 2. The second-order valence-corrected chi connectivity index (χ2v) is 6.13. The van der Waals surface area contributed by atoms with E-state index in [1.165, 1.54) is 50.5 Å². The molecule has 0 aromatic heterocycles. The number of epoxide rings is 1. The highest BCUT2D eigenvalue weighted by Crippen LogP contribution is 2.18. The van der Waals surface area contributed by atoms with Gasteiger partial charge in [0.05, 0.1) is 6.61 Å². The van der Waals surface area contributed by atoms with Gasteiger partial charge in [-0.05, 0) is 49.8 Å². The van der Waals surface area contributed by atoms with Gasteiger partial charge >= 0.3 is 0 Å². The molecule has 2 nitrogen and oxygen atoms in total. The maximum absolute atomic E-state index is 5.72. The summed E-state index contributed by atoms with van der Waals surface area (Å²) in [5.74, 6) is 0.972. The van der Waals surface area contributed by atoms with Gasteiger partial charge in [0, 0.05) is 0 Å². The molecule has 2 heteroatoms. The first-order valence-electron chi connectivity index (χ1n) is 8.87. The Morgan fingerprint density at radius 3 is 2.73 bits per heavy atom. The van der Waals surface area contributed by atoms with E-state index in [1.54, 1.807) is 0 Å². The maximum atomic E-state index is 5.72. The van der Waals surface area contributed by atoms with Crippen LogP contribution in [0.15, 0.2) is 36.4 Å². The predicted molar refractivity (Wildman–Crippen MR) is 92.5 cm³/mol. The van der Waals surface area contributed by atoms with Crippen molar-refractivity contribution in [2.45, 2.75) is 64.4 Å². The molecule has 1 atom stereocenters. The minimum absolute atomic E-state index is 0.325. The highest BCUT2D eigenvalue weighted by molar-refractivity contribution is 5.28. The van der Waals surface area contributed by atoms with Crippen molar-refractivity contribution in [3.8, 4) is 5.75 Å². The first-order valence-corrected chi connectivity index (χ1v) is 8.87. The summed E-state index contributed by atoms with van der Waals surface area (Å²) in [5, 5.41) is 0. The van der Waals surface area contributed by atoms with Gasteiger partial charge in [0.25, 0.3) is 0 Å². The molecule has 1 unspecified atom stereocenters. The highest BCUT2D eigenvalue weighted by atomic mass is 16.6. The van der Waals surface area contributed by atoms with E-state index in [-0.39, 0.29) is 0 Å². The van der Waals surface area contributed by atoms with Crippen LogP contribution in [-0.2, 0) is 11.2 Å². The van der Waals surface area contributed by atoms with Crippen LogP contribution in [0.3, 0.4) is 0 Å². The first kappa shape index (κ1) is 17.1. The van der Waals surface area contributed by atoms with Crippen LogP contribution in [-0.4, -0.2) is 19.3 Å². The van der Waals surface area contributed by atoms with Crippen molar-refractivity contribution >= 4 is 0 Å². The second-order valence-electron chi connectivity index (χ2n) is 6.13. The third-order valence-electron chi connectivity index (χ3n) is 3.96. The Labute approximate surface area is 135 Å². The fourth-order valence-corrected chi connectivity index (χ4v) is 2.49. The van der Waals surface area contributed by atoms with Crippen molar-refractivity contribution < 1.29 is 9.47 Å². The van der Waals surface area contributed by atoms with E-state index < -0.39 is 0 Å². The van der Waals surface area contributed by atoms with E-state index >= 15 is 0 Å². The molecule has 0 amide bonds. The molecule has 1 aromatic rings. The van der Waals surface area contributed by atoms with Crippen LogP contribution in [0.1, 0.15) is 57.4 Å². The lowest BCUT2D eigenvalue weighted by molar-refractivity contribution is 0.263. The summed E-state index contributed by atoms with van der Waals surface area (Å²) in [6.45, 7) is 3.80. The van der Waals surface area contributed by atoms with E-state index in [1.807, 2.05) is 6.07 Å². The molecular formula is C20H30O2. The van der Waals surface area contributed by atoms with Gasteiger partial charge in [-0.2, -0.15) is 0 Å². The largest absolute Gasteiger partial charge is 0.491 e. The maximum Gasteiger partial charge on any atom is 0.119 e. The molecule has 0 saturated carbocycles. The first-order chi connectivity index (χ1) is 10.9. The van der Waals surface area contributed by atoms with Crippen LogP contribution >= 0.6 is 0 Å². The van der Waals surface area contributed by atoms with Crippen molar-refractivity contribution in [3.63, 3.8) is 0 Å². The van der Waals surface area contributed by atoms with Crippen molar-refractivity contribution in [2.75, 3.05) is 13.2 Å². The lowest BCUT2D eigenvalue weighted by Crippen LogP contribution is -2.04. The van der Waals surface area contributed by atoms with Gasteiger partial charge in [-0.25, -0.2) is 0 Å². The average Bonchev–Trinajstić information content (AvgIpc) is 3.36. The molecule has 22 heavy (non-hydrogen) atoms. The Balaban J connectivity index is 1.55. The minimum Gasteiger partial charge on any atom is -0.491 e. The highest BCUT2D eigenvalue weighted by Gasteiger charge is 2.22. The molecule has 1 heterocycles. The molecule has 0 aliphatic carbocycles. The molecule has 1 aliphatic rings. The standard InChI is InChI=1S/C20H30O2/c1-2-3-4-5-6-7-8-9-10-12-18-13-11-14-19(15-18)21-16-20-17-22-20/h7-8,11,13-15,20H,2-6,9-10,12,16-17H2,1H3/b8-7+. The van der Waals surface area contributed by atoms with Crippen LogP contribution in [0.25, 0.3) is 0 Å². The molecule has 1 aromatic carbocycles. The van der Waals surface area contributed by atoms with Crippen molar-refractivity contribution in [1.82, 2.24) is 0 Å². The van der Waals surface area contributed by atoms with E-state index in [0.29, 0.717) is 12.7 Å². The van der Waals surface area contributed by atoms with Gasteiger partial charge in [0.15, 0.2) is 0 Å². The molecule has 122 valence electrons. The molecule has 1 saturated heterocycles. The molecular weight excluding hydrogens is 272 g/mol. The van der Waals surface area contributed by atoms with Crippen LogP contribution in [0.5, 0.6) is 5.75 Å². The van der Waals surface area contributed by atoms with Gasteiger partial charge < -0.3 is 9.47 Å². The van der Waals surface area contributed by atoms with E-state index in [9.17, 15) is 0 Å². The van der Waals surface area contributed by atoms with Crippen LogP contribution in [0.2, 0.25) is 0 Å². The van der Waals surface area contributed by atoms with Crippen LogP contribution in [0.4, 0.5) is 0 Å². The topological polar surface area (TPSA) is 21.8 Å². The van der Waals surface area contributed by atoms with Gasteiger partial charge in [-0.15, -0.1) is 0 Å². The molecule has 1 aliphatic heterocycles. The summed E-state index contributed by atoms with van der Waals surface area (Å²) >= 11 is 0. The van der Waals surface area contributed by atoms with E-state index in [0.717, 1.165) is 18.8 Å². The molecule has 2 rings (SSSR count). The molecule has 0 N–H and O–H groups in total. The monoisotopic (exact) mass is 302 g/mol. The number of aryl methyl sites for hydroxylation is 1. The zero-order valence-corrected chi connectivity index (χ0v) is 13.9. The Bertz CT molecular complexity index is 435. The normalized spacial score (nSPS) is 17.0. The number of unbranched alkanes of at least 4 members (excludes halogenated alkanes) is 5. The predicted octanol–water partition coefficient (Wildman–Crippen LogP) is 5.31. The summed E-state index contributed by atoms with van der Waals surface area (Å²) in [7, 11) is 0. The number of benzene rings is 1. The van der Waals surface area contributed by atoms with Gasteiger partial charge in [0.1, 0.15) is 18.5 Å². The Morgan fingerprint density at radius 1 is 1.14 bits per heavy atom. The third kappa shape index (κ3) is 7.65. The van der Waals surface area contributed by atoms with Gasteiger partial charge in [-0.1, -0.05) is 50.5 Å². The molecule has 0 radical (unpaired) electrons. The zero-order chi connectivity index (χ0) is 15.5. The fraction of sp³-hybridized carbons (Fsp3) is 0.600. The summed E-state index contributed by atoms with van der Waals surface area (Å²) < 4.78 is 10.9. The molecule has 0 spiro atoms. The lowest BCUT2D eigenvalue weighted by Gasteiger charge is -2.06. The summed E-state index contributed by atoms with van der Waals surface area (Å²) in [4.78, 5) is 0. The second kappa shape index (κ2) is 10.4. The number of rotatable bonds is 12.